The van der Waals surface area contributed by atoms with Crippen LogP contribution >= 0.6 is 22.7 Å². The number of carboxylic acids is 2. The van der Waals surface area contributed by atoms with E-state index in [9.17, 15) is 88.2 Å². The van der Waals surface area contributed by atoms with Crippen LogP contribution in [0.15, 0.2) is 33.2 Å². The molecule has 8 amide bonds. The fourth-order valence-corrected chi connectivity index (χ4v) is 11.0. The van der Waals surface area contributed by atoms with E-state index in [1.165, 1.54) is 10.8 Å². The molecule has 472 valence electrons. The van der Waals surface area contributed by atoms with Gasteiger partial charge >= 0.3 is 47.3 Å². The fourth-order valence-electron chi connectivity index (χ4n) is 9.89. The van der Waals surface area contributed by atoms with Crippen molar-refractivity contribution in [2.24, 2.45) is 10.3 Å². The molecular weight excluding hydrogens is 1270 g/mol. The molecule has 6 aliphatic heterocycles. The number of imide groups is 2. The Morgan fingerprint density at radius 3 is 1.30 bits per heavy atom. The lowest BCUT2D eigenvalue weighted by molar-refractivity contribution is -0.270. The van der Waals surface area contributed by atoms with Crippen molar-refractivity contribution in [3.8, 4) is 23.3 Å². The number of carboxylic acid groups (broad SMARTS) is 2. The number of carbonyl (C=O) groups is 14. The minimum atomic E-state index is -3.66. The number of hydrogen-bond donors (Lipinski definition) is 10. The Kier molecular flexibility index (Phi) is 13.8. The van der Waals surface area contributed by atoms with Gasteiger partial charge in [0.05, 0.1) is 24.0 Å². The number of phenolic OH excluding ortho intramolecular Hbond substituents is 2. The Hall–Kier alpha value is -11.6. The molecular formula is C48H36N14O27S2. The van der Waals surface area contributed by atoms with Crippen LogP contribution in [0.2, 0.25) is 0 Å². The molecule has 2 saturated carbocycles. The maximum absolute atomic E-state index is 15.2. The topological polar surface area (TPSA) is 590 Å². The van der Waals surface area contributed by atoms with E-state index in [4.69, 9.17) is 45.0 Å². The number of hydroxylamine groups is 4. The number of cyclic esters (lactones) is 2. The second-order valence-corrected chi connectivity index (χ2v) is 22.4. The summed E-state index contributed by atoms with van der Waals surface area (Å²) < 4.78 is 16.2. The maximum atomic E-state index is 15.2. The molecule has 3 unspecified atom stereocenters. The normalized spacial score (nSPS) is 25.3. The number of amides is 8. The number of nitrogens with two attached hydrogens (primary N) is 2. The Balaban J connectivity index is 0.887. The standard InChI is InChI=1S/C48H36N14O27S2/c49-43-53-17(11-90-43)23(57-88-45(1-2-45)39(77)78)27(65)51-15-9-83-61(33(15)71)47(7-19(37(75)86-47)59-31(69)13-5-21(63)22(64)6-14(13)32(59)70)41(81)85-42(82)48(8-20(38(76)87-48)60-35(73)25-26(36(60)74)56-30(68)29(67)55-25)62-34(72)16(10-84-62)52-28(66)24(18-12-91-44(50)54-18)58-89-46(3-4-46)40(79)80/h5-6,11-12,15-16,19-20,63-64H,1-4,7-10H2,(H2,49,53)(H2,50,54)(H,51,65)(H,52,66)(H,55,67)(H,56,68)(H,77,78)(H,79,80)/b57-23-,58-24-/t15-,16-,19-,20?,47?,48?/m0/s1. The smallest absolute Gasteiger partial charge is 0.382 e. The highest BCUT2D eigenvalue weighted by Crippen LogP contribution is 2.46. The third-order valence-electron chi connectivity index (χ3n) is 15.0. The first-order valence-electron chi connectivity index (χ1n) is 25.9. The molecule has 12 rings (SSSR count). The van der Waals surface area contributed by atoms with Gasteiger partial charge in [-0.15, -0.1) is 22.7 Å². The number of ether oxygens (including phenoxy) is 3. The number of aromatic hydroxyl groups is 4. The SMILES string of the molecule is Nc1nc(/C(=N/OC2(C(=O)O)CC2)C(=O)N[C@H]2CON(C3(C(=O)OC(=O)C4(N5OC[C@H](NC(=O)/C(=N\OC6(C(=O)O)CC6)c6csc(N)n6)C5=O)C[C@H](N5C(=O)c6cc(O)c(O)cc6C5=O)C(=O)O4)CC(N4C(=O)c5nc(O)c(O)nc5C4=O)C(=O)O3)C2=O)cs1. The largest absolute Gasteiger partial charge is 0.504 e. The zero-order valence-electron chi connectivity index (χ0n) is 45.0. The number of carbonyl (C=O) groups excluding carboxylic acids is 12. The number of esters is 4. The number of nitrogen functional groups attached to an aromatic ring is 2. The van der Waals surface area contributed by atoms with Crippen molar-refractivity contribution >= 4 is 127 Å². The van der Waals surface area contributed by atoms with Crippen molar-refractivity contribution in [1.29, 1.82) is 0 Å². The molecule has 2 aliphatic carbocycles. The highest BCUT2D eigenvalue weighted by atomic mass is 32.1. The third kappa shape index (κ3) is 9.59. The van der Waals surface area contributed by atoms with Crippen molar-refractivity contribution < 1.29 is 131 Å². The molecule has 0 radical (unpaired) electrons. The van der Waals surface area contributed by atoms with E-state index >= 15 is 9.59 Å². The summed E-state index contributed by atoms with van der Waals surface area (Å²) in [5.74, 6) is -27.4. The molecule has 6 fully saturated rings. The Labute approximate surface area is 508 Å². The third-order valence-corrected chi connectivity index (χ3v) is 16.3. The van der Waals surface area contributed by atoms with E-state index < -0.39 is 213 Å². The van der Waals surface area contributed by atoms with Gasteiger partial charge in [-0.1, -0.05) is 10.3 Å². The number of fused-ring (bicyclic) bond motifs is 2. The Morgan fingerprint density at radius 2 is 0.956 bits per heavy atom. The first-order chi connectivity index (χ1) is 43.0. The monoisotopic (exact) mass is 1300 g/mol. The average Bonchev–Trinajstić information content (AvgIpc) is 1.61. The second-order valence-electron chi connectivity index (χ2n) is 20.7. The fraction of sp³-hybridized carbons (Fsp3) is 0.333. The van der Waals surface area contributed by atoms with E-state index in [1.807, 2.05) is 0 Å². The van der Waals surface area contributed by atoms with Crippen LogP contribution in [0.25, 0.3) is 0 Å². The molecule has 6 atom stereocenters. The zero-order valence-corrected chi connectivity index (χ0v) is 46.6. The maximum Gasteiger partial charge on any atom is 0.382 e. The molecule has 1 aromatic carbocycles. The Bertz CT molecular complexity index is 3800. The number of oxime groups is 2. The molecule has 91 heavy (non-hydrogen) atoms. The molecule has 8 aliphatic rings. The second kappa shape index (κ2) is 21.0. The van der Waals surface area contributed by atoms with Crippen LogP contribution in [-0.2, 0) is 81.5 Å². The highest BCUT2D eigenvalue weighted by Gasteiger charge is 2.70. The number of nitrogens with one attached hydrogen (secondary N) is 2. The van der Waals surface area contributed by atoms with Gasteiger partial charge < -0.3 is 76.6 Å². The number of benzene rings is 1. The quantitative estimate of drug-likeness (QED) is 0.00848. The van der Waals surface area contributed by atoms with Crippen LogP contribution in [0, 0.1) is 0 Å². The van der Waals surface area contributed by atoms with Crippen molar-refractivity contribution in [3.63, 3.8) is 0 Å². The number of phenols is 2. The number of aliphatic carboxylic acids is 2. The van der Waals surface area contributed by atoms with Crippen molar-refractivity contribution in [1.82, 2.24) is 50.5 Å². The molecule has 12 N–H and O–H groups in total. The molecule has 0 spiro atoms. The number of thiazole rings is 2. The van der Waals surface area contributed by atoms with Gasteiger partial charge in [0.2, 0.25) is 11.2 Å². The van der Waals surface area contributed by atoms with Crippen LogP contribution < -0.4 is 22.1 Å². The van der Waals surface area contributed by atoms with Gasteiger partial charge in [0.25, 0.3) is 59.0 Å². The van der Waals surface area contributed by atoms with E-state index in [0.29, 0.717) is 12.1 Å². The van der Waals surface area contributed by atoms with Crippen LogP contribution in [0.5, 0.6) is 23.3 Å². The zero-order chi connectivity index (χ0) is 65.3. The lowest BCUT2D eigenvalue weighted by atomic mass is 10.0. The molecule has 3 aromatic heterocycles. The molecule has 9 heterocycles. The predicted octanol–water partition coefficient (Wildman–Crippen LogP) is -5.04. The molecule has 4 saturated heterocycles. The van der Waals surface area contributed by atoms with Crippen molar-refractivity contribution in [2.45, 2.75) is 85.3 Å². The van der Waals surface area contributed by atoms with Crippen LogP contribution in [0.3, 0.4) is 0 Å². The number of rotatable bonds is 18. The summed E-state index contributed by atoms with van der Waals surface area (Å²) in [4.78, 5) is 232. The number of nitrogens with zero attached hydrogens (tertiary/aromatic N) is 10. The van der Waals surface area contributed by atoms with Crippen molar-refractivity contribution in [3.05, 3.63) is 56.8 Å². The number of hydrogen-bond acceptors (Lipinski definition) is 35. The average molecular weight is 1310 g/mol. The van der Waals surface area contributed by atoms with Gasteiger partial charge in [-0.25, -0.2) is 48.7 Å². The highest BCUT2D eigenvalue weighted by molar-refractivity contribution is 7.14. The minimum Gasteiger partial charge on any atom is -0.504 e. The summed E-state index contributed by atoms with van der Waals surface area (Å²) in [5.41, 5.74) is -4.90. The molecule has 41 nitrogen and oxygen atoms in total. The summed E-state index contributed by atoms with van der Waals surface area (Å²) in [6.07, 6.45) is -3.24. The van der Waals surface area contributed by atoms with Gasteiger partial charge in [-0.2, -0.15) is 10.1 Å². The first kappa shape index (κ1) is 59.7. The van der Waals surface area contributed by atoms with Crippen molar-refractivity contribution in [2.75, 3.05) is 24.7 Å². The van der Waals surface area contributed by atoms with Gasteiger partial charge in [-0.3, -0.25) is 57.8 Å². The summed E-state index contributed by atoms with van der Waals surface area (Å²) in [7, 11) is 0. The van der Waals surface area contributed by atoms with Gasteiger partial charge in [0, 0.05) is 36.4 Å². The van der Waals surface area contributed by atoms with E-state index in [1.54, 1.807) is 0 Å². The molecule has 43 heteroatoms. The van der Waals surface area contributed by atoms with Gasteiger partial charge in [-0.05, 0) is 12.1 Å². The van der Waals surface area contributed by atoms with Gasteiger partial charge in [0.15, 0.2) is 44.6 Å². The summed E-state index contributed by atoms with van der Waals surface area (Å²) >= 11 is 1.57. The van der Waals surface area contributed by atoms with Crippen LogP contribution in [0.1, 0.15) is 91.6 Å². The van der Waals surface area contributed by atoms with E-state index in [0.717, 1.165) is 22.7 Å². The van der Waals surface area contributed by atoms with Crippen LogP contribution in [0.4, 0.5) is 10.3 Å². The molecule has 4 aromatic rings. The first-order valence-corrected chi connectivity index (χ1v) is 27.6. The van der Waals surface area contributed by atoms with Crippen LogP contribution in [-0.4, -0.2) is 225 Å². The summed E-state index contributed by atoms with van der Waals surface area (Å²) in [6, 6.07) is -7.65. The summed E-state index contributed by atoms with van der Waals surface area (Å²) in [5, 5.41) is 73.5. The number of aromatic nitrogens is 4. The predicted molar refractivity (Wildman–Crippen MR) is 279 cm³/mol. The van der Waals surface area contributed by atoms with Gasteiger partial charge in [0.1, 0.15) is 48.8 Å². The van der Waals surface area contributed by atoms with E-state index in [2.05, 4.69) is 40.9 Å². The summed E-state index contributed by atoms with van der Waals surface area (Å²) in [6.45, 7) is -2.13. The minimum absolute atomic E-state index is 0.0357. The lowest BCUT2D eigenvalue weighted by Crippen LogP contribution is -2.62. The molecule has 0 bridgehead atoms. The lowest BCUT2D eigenvalue weighted by Gasteiger charge is -2.35. The Morgan fingerprint density at radius 1 is 0.582 bits per heavy atom. The number of anilines is 2. The van der Waals surface area contributed by atoms with E-state index in [-0.39, 0.29) is 67.3 Å².